The van der Waals surface area contributed by atoms with Crippen molar-refractivity contribution in [1.29, 1.82) is 0 Å². The Balaban J connectivity index is 1.71. The van der Waals surface area contributed by atoms with Gasteiger partial charge in [0.25, 0.3) is 5.91 Å². The van der Waals surface area contributed by atoms with Crippen molar-refractivity contribution < 1.29 is 19.1 Å². The lowest BCUT2D eigenvalue weighted by Crippen LogP contribution is -2.22. The molecule has 0 unspecified atom stereocenters. The Kier molecular flexibility index (Phi) is 6.42. The molecule has 0 fully saturated rings. The fraction of sp³-hybridized carbons (Fsp3) is 0.0870. The van der Waals surface area contributed by atoms with Gasteiger partial charge in [0.15, 0.2) is 12.4 Å². The summed E-state index contributed by atoms with van der Waals surface area (Å²) in [5, 5.41) is 2.98. The fourth-order valence-electron chi connectivity index (χ4n) is 2.76. The first kappa shape index (κ1) is 20.3. The molecular formula is C23H18ClNO4. The molecule has 0 heterocycles. The molecule has 0 aliphatic carbocycles. The molecule has 1 N–H and O–H groups in total. The molecule has 5 nitrogen and oxygen atoms in total. The van der Waals surface area contributed by atoms with Gasteiger partial charge in [-0.1, -0.05) is 60.1 Å². The van der Waals surface area contributed by atoms with Crippen molar-refractivity contribution in [2.45, 2.75) is 6.92 Å². The quantitative estimate of drug-likeness (QED) is 0.476. The number of halogens is 1. The number of carbonyl (C=O) groups excluding carboxylic acids is 3. The number of esters is 1. The molecule has 6 heteroatoms. The molecule has 1 amide bonds. The molecule has 0 saturated heterocycles. The molecule has 0 aromatic heterocycles. The Hall–Kier alpha value is -3.44. The minimum Gasteiger partial charge on any atom is -0.452 e. The zero-order chi connectivity index (χ0) is 20.8. The Morgan fingerprint density at radius 2 is 1.59 bits per heavy atom. The van der Waals surface area contributed by atoms with Gasteiger partial charge in [0.1, 0.15) is 0 Å². The maximum Gasteiger partial charge on any atom is 0.338 e. The predicted molar refractivity (Wildman–Crippen MR) is 111 cm³/mol. The van der Waals surface area contributed by atoms with Gasteiger partial charge >= 0.3 is 5.97 Å². The van der Waals surface area contributed by atoms with E-state index in [1.54, 1.807) is 67.6 Å². The van der Waals surface area contributed by atoms with Crippen LogP contribution >= 0.6 is 11.6 Å². The molecule has 0 aliphatic heterocycles. The van der Waals surface area contributed by atoms with Crippen molar-refractivity contribution in [3.63, 3.8) is 0 Å². The molecule has 0 aliphatic rings. The van der Waals surface area contributed by atoms with Crippen molar-refractivity contribution in [3.8, 4) is 0 Å². The topological polar surface area (TPSA) is 72.5 Å². The summed E-state index contributed by atoms with van der Waals surface area (Å²) < 4.78 is 5.09. The number of nitrogens with one attached hydrogen (secondary N) is 1. The number of hydrogen-bond acceptors (Lipinski definition) is 4. The van der Waals surface area contributed by atoms with E-state index in [1.807, 2.05) is 6.07 Å². The van der Waals surface area contributed by atoms with Crippen LogP contribution in [0.5, 0.6) is 0 Å². The van der Waals surface area contributed by atoms with Crippen molar-refractivity contribution in [1.82, 2.24) is 0 Å². The number of ether oxygens (including phenoxy) is 1. The summed E-state index contributed by atoms with van der Waals surface area (Å²) in [7, 11) is 0. The zero-order valence-electron chi connectivity index (χ0n) is 15.6. The second kappa shape index (κ2) is 9.17. The number of hydrogen-bond donors (Lipinski definition) is 1. The summed E-state index contributed by atoms with van der Waals surface area (Å²) >= 11 is 6.04. The number of amides is 1. The minimum absolute atomic E-state index is 0.252. The van der Waals surface area contributed by atoms with Gasteiger partial charge in [0, 0.05) is 16.1 Å². The van der Waals surface area contributed by atoms with Gasteiger partial charge in [-0.25, -0.2) is 4.79 Å². The van der Waals surface area contributed by atoms with E-state index in [4.69, 9.17) is 16.3 Å². The smallest absolute Gasteiger partial charge is 0.338 e. The normalized spacial score (nSPS) is 10.3. The molecule has 0 radical (unpaired) electrons. The molecular weight excluding hydrogens is 390 g/mol. The lowest BCUT2D eigenvalue weighted by Gasteiger charge is -2.12. The number of benzene rings is 3. The average Bonchev–Trinajstić information content (AvgIpc) is 2.73. The number of rotatable bonds is 6. The first-order valence-electron chi connectivity index (χ1n) is 8.87. The van der Waals surface area contributed by atoms with Gasteiger partial charge in [-0.15, -0.1) is 0 Å². The minimum atomic E-state index is -0.588. The van der Waals surface area contributed by atoms with Crippen LogP contribution in [0.4, 0.5) is 5.69 Å². The van der Waals surface area contributed by atoms with Gasteiger partial charge in [0.2, 0.25) is 0 Å². The van der Waals surface area contributed by atoms with E-state index in [2.05, 4.69) is 5.32 Å². The second-order valence-electron chi connectivity index (χ2n) is 6.32. The summed E-state index contributed by atoms with van der Waals surface area (Å²) in [5.41, 5.74) is 2.16. The van der Waals surface area contributed by atoms with Crippen LogP contribution in [-0.4, -0.2) is 24.3 Å². The van der Waals surface area contributed by atoms with E-state index >= 15 is 0 Å². The van der Waals surface area contributed by atoms with E-state index in [-0.39, 0.29) is 11.3 Å². The van der Waals surface area contributed by atoms with Crippen molar-refractivity contribution >= 4 is 34.9 Å². The Morgan fingerprint density at radius 1 is 0.897 bits per heavy atom. The Morgan fingerprint density at radius 3 is 2.31 bits per heavy atom. The largest absolute Gasteiger partial charge is 0.452 e. The van der Waals surface area contributed by atoms with Gasteiger partial charge < -0.3 is 10.1 Å². The third kappa shape index (κ3) is 5.09. The average molecular weight is 408 g/mol. The van der Waals surface area contributed by atoms with Crippen molar-refractivity contribution in [2.75, 3.05) is 11.9 Å². The number of anilines is 1. The SMILES string of the molecule is Cc1ccccc1C(=O)OCC(=O)Nc1ccc(Cl)cc1C(=O)c1ccccc1. The lowest BCUT2D eigenvalue weighted by atomic mass is 10.0. The second-order valence-corrected chi connectivity index (χ2v) is 6.76. The summed E-state index contributed by atoms with van der Waals surface area (Å²) in [6.45, 7) is 1.31. The highest BCUT2D eigenvalue weighted by Crippen LogP contribution is 2.24. The van der Waals surface area contributed by atoms with E-state index in [0.717, 1.165) is 5.56 Å². The maximum atomic E-state index is 12.8. The van der Waals surface area contributed by atoms with Crippen LogP contribution in [-0.2, 0) is 9.53 Å². The Bertz CT molecular complexity index is 1060. The molecule has 3 aromatic rings. The van der Waals surface area contributed by atoms with E-state index in [0.29, 0.717) is 21.8 Å². The first-order valence-corrected chi connectivity index (χ1v) is 9.25. The summed E-state index contributed by atoms with van der Waals surface area (Å²) in [4.78, 5) is 37.2. The highest BCUT2D eigenvalue weighted by atomic mass is 35.5. The Labute approximate surface area is 173 Å². The highest BCUT2D eigenvalue weighted by Gasteiger charge is 2.17. The first-order chi connectivity index (χ1) is 14.0. The molecule has 146 valence electrons. The standard InChI is InChI=1S/C23H18ClNO4/c1-15-7-5-6-10-18(15)23(28)29-14-21(26)25-20-12-11-17(24)13-19(20)22(27)16-8-3-2-4-9-16/h2-13H,14H2,1H3,(H,25,26). The highest BCUT2D eigenvalue weighted by molar-refractivity contribution is 6.31. The van der Waals surface area contributed by atoms with Crippen LogP contribution < -0.4 is 5.32 Å². The van der Waals surface area contributed by atoms with Crippen LogP contribution in [0, 0.1) is 6.92 Å². The third-order valence-electron chi connectivity index (χ3n) is 4.24. The molecule has 0 spiro atoms. The molecule has 0 bridgehead atoms. The summed E-state index contributed by atoms with van der Waals surface area (Å²) in [5.74, 6) is -1.42. The van der Waals surface area contributed by atoms with Crippen molar-refractivity contribution in [3.05, 3.63) is 100 Å². The van der Waals surface area contributed by atoms with Gasteiger partial charge in [-0.05, 0) is 36.8 Å². The van der Waals surface area contributed by atoms with Crippen molar-refractivity contribution in [2.24, 2.45) is 0 Å². The van der Waals surface area contributed by atoms with E-state index in [9.17, 15) is 14.4 Å². The van der Waals surface area contributed by atoms with Crippen LogP contribution in [0.1, 0.15) is 31.8 Å². The predicted octanol–water partition coefficient (Wildman–Crippen LogP) is 4.67. The molecule has 29 heavy (non-hydrogen) atoms. The summed E-state index contributed by atoms with van der Waals surface area (Å²) in [6, 6.07) is 20.2. The van der Waals surface area contributed by atoms with Gasteiger partial charge in [-0.2, -0.15) is 0 Å². The van der Waals surface area contributed by atoms with Crippen LogP contribution in [0.3, 0.4) is 0 Å². The van der Waals surface area contributed by atoms with Crippen LogP contribution in [0.25, 0.3) is 0 Å². The number of carbonyl (C=O) groups is 3. The maximum absolute atomic E-state index is 12.8. The van der Waals surface area contributed by atoms with E-state index < -0.39 is 18.5 Å². The lowest BCUT2D eigenvalue weighted by molar-refractivity contribution is -0.119. The number of ketones is 1. The fourth-order valence-corrected chi connectivity index (χ4v) is 2.93. The molecule has 0 saturated carbocycles. The number of aryl methyl sites for hydroxylation is 1. The molecule has 3 aromatic carbocycles. The monoisotopic (exact) mass is 407 g/mol. The molecule has 3 rings (SSSR count). The van der Waals surface area contributed by atoms with Crippen LogP contribution in [0.15, 0.2) is 72.8 Å². The molecule has 0 atom stereocenters. The van der Waals surface area contributed by atoms with Gasteiger partial charge in [-0.3, -0.25) is 9.59 Å². The third-order valence-corrected chi connectivity index (χ3v) is 4.47. The van der Waals surface area contributed by atoms with Crippen LogP contribution in [0.2, 0.25) is 5.02 Å². The zero-order valence-corrected chi connectivity index (χ0v) is 16.4. The van der Waals surface area contributed by atoms with E-state index in [1.165, 1.54) is 6.07 Å². The summed E-state index contributed by atoms with van der Waals surface area (Å²) in [6.07, 6.45) is 0. The van der Waals surface area contributed by atoms with Gasteiger partial charge in [0.05, 0.1) is 11.3 Å².